The van der Waals surface area contributed by atoms with Gasteiger partial charge in [0, 0.05) is 19.1 Å². The molecular weight excluding hydrogens is 376 g/mol. The summed E-state index contributed by atoms with van der Waals surface area (Å²) < 4.78 is 16.9. The second-order valence-corrected chi connectivity index (χ2v) is 7.12. The maximum atomic E-state index is 5.74. The number of benzene rings is 2. The van der Waals surface area contributed by atoms with Crippen molar-refractivity contribution in [1.29, 1.82) is 0 Å². The van der Waals surface area contributed by atoms with Crippen molar-refractivity contribution in [3.8, 4) is 17.2 Å². The van der Waals surface area contributed by atoms with E-state index in [1.807, 2.05) is 6.07 Å². The molecular formula is C22H29ClN2O3. The van der Waals surface area contributed by atoms with Gasteiger partial charge < -0.3 is 19.5 Å². The molecule has 0 spiro atoms. The van der Waals surface area contributed by atoms with Crippen LogP contribution >= 0.6 is 12.4 Å². The van der Waals surface area contributed by atoms with Crippen molar-refractivity contribution in [1.82, 2.24) is 10.2 Å². The van der Waals surface area contributed by atoms with Crippen molar-refractivity contribution in [2.75, 3.05) is 40.0 Å². The smallest absolute Gasteiger partial charge is 0.203 e. The Morgan fingerprint density at radius 3 is 2.57 bits per heavy atom. The molecule has 0 amide bonds. The SMILES string of the molecule is COc1cc(CNCC(c2ccccc2)N2CCCC2)cc2c1OCCO2.Cl. The molecule has 0 bridgehead atoms. The molecule has 1 fully saturated rings. The lowest BCUT2D eigenvalue weighted by molar-refractivity contribution is 0.165. The number of hydrogen-bond acceptors (Lipinski definition) is 5. The average molecular weight is 405 g/mol. The van der Waals surface area contributed by atoms with E-state index < -0.39 is 0 Å². The number of likely N-dealkylation sites (tertiary alicyclic amines) is 1. The summed E-state index contributed by atoms with van der Waals surface area (Å²) in [4.78, 5) is 2.59. The molecule has 28 heavy (non-hydrogen) atoms. The van der Waals surface area contributed by atoms with Gasteiger partial charge in [0.05, 0.1) is 7.11 Å². The molecule has 5 nitrogen and oxygen atoms in total. The molecule has 6 heteroatoms. The highest BCUT2D eigenvalue weighted by Gasteiger charge is 2.23. The lowest BCUT2D eigenvalue weighted by Gasteiger charge is -2.28. The van der Waals surface area contributed by atoms with Gasteiger partial charge in [0.25, 0.3) is 0 Å². The third-order valence-electron chi connectivity index (χ3n) is 5.32. The monoisotopic (exact) mass is 404 g/mol. The van der Waals surface area contributed by atoms with E-state index in [1.165, 1.54) is 31.5 Å². The minimum atomic E-state index is 0. The molecule has 1 saturated heterocycles. The second kappa shape index (κ2) is 10.0. The Balaban J connectivity index is 0.00000225. The molecule has 2 aliphatic rings. The van der Waals surface area contributed by atoms with E-state index in [-0.39, 0.29) is 12.4 Å². The van der Waals surface area contributed by atoms with Gasteiger partial charge in [-0.25, -0.2) is 0 Å². The van der Waals surface area contributed by atoms with Crippen LogP contribution in [0.15, 0.2) is 42.5 Å². The van der Waals surface area contributed by atoms with Gasteiger partial charge in [-0.2, -0.15) is 0 Å². The Hall–Kier alpha value is -1.95. The summed E-state index contributed by atoms with van der Waals surface area (Å²) in [7, 11) is 1.67. The fourth-order valence-corrected chi connectivity index (χ4v) is 3.97. The predicted octanol–water partition coefficient (Wildman–Crippen LogP) is 3.81. The Bertz CT molecular complexity index is 734. The van der Waals surface area contributed by atoms with E-state index in [0.717, 1.165) is 30.2 Å². The Morgan fingerprint density at radius 1 is 1.07 bits per heavy atom. The molecule has 2 aliphatic heterocycles. The highest BCUT2D eigenvalue weighted by atomic mass is 35.5. The number of methoxy groups -OCH3 is 1. The number of hydrogen-bond donors (Lipinski definition) is 1. The fourth-order valence-electron chi connectivity index (χ4n) is 3.97. The van der Waals surface area contributed by atoms with Gasteiger partial charge in [-0.3, -0.25) is 4.90 Å². The van der Waals surface area contributed by atoms with E-state index >= 15 is 0 Å². The molecule has 0 aliphatic carbocycles. The summed E-state index contributed by atoms with van der Waals surface area (Å²) in [5.74, 6) is 2.23. The van der Waals surface area contributed by atoms with E-state index in [0.29, 0.717) is 25.0 Å². The quantitative estimate of drug-likeness (QED) is 0.760. The van der Waals surface area contributed by atoms with Crippen LogP contribution < -0.4 is 19.5 Å². The van der Waals surface area contributed by atoms with Gasteiger partial charge in [-0.05, 0) is 49.2 Å². The average Bonchev–Trinajstić information content (AvgIpc) is 3.25. The summed E-state index contributed by atoms with van der Waals surface area (Å²) in [5.41, 5.74) is 2.52. The molecule has 0 saturated carbocycles. The van der Waals surface area contributed by atoms with Gasteiger partial charge in [-0.1, -0.05) is 30.3 Å². The Labute approximate surface area is 173 Å². The van der Waals surface area contributed by atoms with Crippen LogP contribution in [0.4, 0.5) is 0 Å². The van der Waals surface area contributed by atoms with Crippen molar-refractivity contribution in [2.24, 2.45) is 0 Å². The first-order valence-electron chi connectivity index (χ1n) is 9.81. The molecule has 0 aromatic heterocycles. The van der Waals surface area contributed by atoms with Gasteiger partial charge in [0.2, 0.25) is 5.75 Å². The highest BCUT2D eigenvalue weighted by molar-refractivity contribution is 5.85. The zero-order chi connectivity index (χ0) is 18.5. The van der Waals surface area contributed by atoms with Crippen molar-refractivity contribution in [3.63, 3.8) is 0 Å². The zero-order valence-corrected chi connectivity index (χ0v) is 17.2. The van der Waals surface area contributed by atoms with Crippen LogP contribution in [0.5, 0.6) is 17.2 Å². The molecule has 1 N–H and O–H groups in total. The van der Waals surface area contributed by atoms with Gasteiger partial charge >= 0.3 is 0 Å². The van der Waals surface area contributed by atoms with Crippen LogP contribution in [-0.4, -0.2) is 44.9 Å². The summed E-state index contributed by atoms with van der Waals surface area (Å²) in [5, 5.41) is 3.64. The van der Waals surface area contributed by atoms with Crippen LogP contribution in [0.3, 0.4) is 0 Å². The standard InChI is InChI=1S/C22H28N2O3.ClH/c1-25-20-13-17(14-21-22(20)27-12-11-26-21)15-23-16-19(24-9-5-6-10-24)18-7-3-2-4-8-18;/h2-4,7-8,13-14,19,23H,5-6,9-12,15-16H2,1H3;1H. The van der Waals surface area contributed by atoms with Gasteiger partial charge in [-0.15, -0.1) is 12.4 Å². The lowest BCUT2D eigenvalue weighted by atomic mass is 10.1. The fraction of sp³-hybridized carbons (Fsp3) is 0.455. The lowest BCUT2D eigenvalue weighted by Crippen LogP contribution is -2.34. The number of nitrogens with one attached hydrogen (secondary N) is 1. The summed E-state index contributed by atoms with van der Waals surface area (Å²) >= 11 is 0. The van der Waals surface area contributed by atoms with Crippen molar-refractivity contribution in [3.05, 3.63) is 53.6 Å². The molecule has 4 rings (SSSR count). The van der Waals surface area contributed by atoms with Crippen molar-refractivity contribution in [2.45, 2.75) is 25.4 Å². The van der Waals surface area contributed by atoms with Crippen LogP contribution in [0.25, 0.3) is 0 Å². The highest BCUT2D eigenvalue weighted by Crippen LogP contribution is 2.40. The molecule has 2 aromatic rings. The number of fused-ring (bicyclic) bond motifs is 1. The molecule has 152 valence electrons. The summed E-state index contributed by atoms with van der Waals surface area (Å²) in [6.07, 6.45) is 2.59. The second-order valence-electron chi connectivity index (χ2n) is 7.12. The summed E-state index contributed by atoms with van der Waals surface area (Å²) in [6, 6.07) is 15.3. The minimum absolute atomic E-state index is 0. The largest absolute Gasteiger partial charge is 0.493 e. The van der Waals surface area contributed by atoms with Crippen LogP contribution in [0, 0.1) is 0 Å². The Kier molecular flexibility index (Phi) is 7.43. The number of ether oxygens (including phenoxy) is 3. The maximum Gasteiger partial charge on any atom is 0.203 e. The van der Waals surface area contributed by atoms with Crippen molar-refractivity contribution < 1.29 is 14.2 Å². The Morgan fingerprint density at radius 2 is 1.82 bits per heavy atom. The van der Waals surface area contributed by atoms with Crippen LogP contribution in [0.2, 0.25) is 0 Å². The van der Waals surface area contributed by atoms with Gasteiger partial charge in [0.1, 0.15) is 13.2 Å². The number of rotatable bonds is 7. The number of halogens is 1. The third-order valence-corrected chi connectivity index (χ3v) is 5.32. The molecule has 0 radical (unpaired) electrons. The topological polar surface area (TPSA) is 43.0 Å². The van der Waals surface area contributed by atoms with Crippen LogP contribution in [-0.2, 0) is 6.54 Å². The first kappa shape index (κ1) is 20.8. The van der Waals surface area contributed by atoms with E-state index in [2.05, 4.69) is 46.6 Å². The molecule has 2 heterocycles. The molecule has 1 atom stereocenters. The normalized spacial score (nSPS) is 17.0. The third kappa shape index (κ3) is 4.72. The van der Waals surface area contributed by atoms with Crippen molar-refractivity contribution >= 4 is 12.4 Å². The molecule has 1 unspecified atom stereocenters. The minimum Gasteiger partial charge on any atom is -0.493 e. The first-order chi connectivity index (χ1) is 13.3. The van der Waals surface area contributed by atoms with E-state index in [4.69, 9.17) is 14.2 Å². The first-order valence-corrected chi connectivity index (χ1v) is 9.81. The maximum absolute atomic E-state index is 5.74. The van der Waals surface area contributed by atoms with Gasteiger partial charge in [0.15, 0.2) is 11.5 Å². The summed E-state index contributed by atoms with van der Waals surface area (Å²) in [6.45, 7) is 5.19. The molecule has 2 aromatic carbocycles. The zero-order valence-electron chi connectivity index (χ0n) is 16.4. The predicted molar refractivity (Wildman–Crippen MR) is 113 cm³/mol. The van der Waals surface area contributed by atoms with E-state index in [9.17, 15) is 0 Å². The van der Waals surface area contributed by atoms with Crippen LogP contribution in [0.1, 0.15) is 30.0 Å². The van der Waals surface area contributed by atoms with E-state index in [1.54, 1.807) is 7.11 Å². The number of nitrogens with zero attached hydrogens (tertiary/aromatic N) is 1.